The SMILES string of the molecule is COc1cc(/C=C2/SC(NC(C)=O)=NC2=O)cc(Br)c1OS(=O)(=O)c1ccc(Cl)cc1. The van der Waals surface area contributed by atoms with Crippen LogP contribution in [0.3, 0.4) is 0 Å². The number of methoxy groups -OCH3 is 1. The number of amidine groups is 1. The summed E-state index contributed by atoms with van der Waals surface area (Å²) in [7, 11) is -2.79. The number of benzene rings is 2. The van der Waals surface area contributed by atoms with Gasteiger partial charge in [0.2, 0.25) is 5.91 Å². The molecule has 0 fully saturated rings. The Morgan fingerprint density at radius 2 is 1.94 bits per heavy atom. The molecule has 2 aromatic carbocycles. The molecule has 0 bridgehead atoms. The van der Waals surface area contributed by atoms with Gasteiger partial charge in [-0.15, -0.1) is 0 Å². The number of amides is 2. The topological polar surface area (TPSA) is 111 Å². The summed E-state index contributed by atoms with van der Waals surface area (Å²) in [6, 6.07) is 8.60. The van der Waals surface area contributed by atoms with Gasteiger partial charge in [-0.1, -0.05) is 11.6 Å². The molecule has 162 valence electrons. The number of nitrogens with zero attached hydrogens (tertiary/aromatic N) is 1. The summed E-state index contributed by atoms with van der Waals surface area (Å²) in [5, 5.41) is 3.03. The first-order chi connectivity index (χ1) is 14.6. The number of thioether (sulfide) groups is 1. The van der Waals surface area contributed by atoms with Crippen molar-refractivity contribution in [1.29, 1.82) is 0 Å². The van der Waals surface area contributed by atoms with Crippen LogP contribution in [0, 0.1) is 0 Å². The van der Waals surface area contributed by atoms with Crippen molar-refractivity contribution in [3.63, 3.8) is 0 Å². The molecule has 12 heteroatoms. The molecule has 31 heavy (non-hydrogen) atoms. The van der Waals surface area contributed by atoms with E-state index in [0.717, 1.165) is 11.8 Å². The number of nitrogens with one attached hydrogen (secondary N) is 1. The molecule has 0 saturated carbocycles. The van der Waals surface area contributed by atoms with Gasteiger partial charge in [0, 0.05) is 11.9 Å². The highest BCUT2D eigenvalue weighted by Crippen LogP contribution is 2.40. The van der Waals surface area contributed by atoms with Crippen molar-refractivity contribution in [3.05, 3.63) is 56.4 Å². The van der Waals surface area contributed by atoms with Crippen LogP contribution in [0.15, 0.2) is 55.7 Å². The van der Waals surface area contributed by atoms with Gasteiger partial charge < -0.3 is 14.2 Å². The van der Waals surface area contributed by atoms with Gasteiger partial charge in [0.15, 0.2) is 16.7 Å². The molecule has 0 aliphatic carbocycles. The van der Waals surface area contributed by atoms with Crippen LogP contribution in [0.25, 0.3) is 6.08 Å². The molecule has 0 unspecified atom stereocenters. The maximum absolute atomic E-state index is 12.6. The van der Waals surface area contributed by atoms with E-state index in [2.05, 4.69) is 26.2 Å². The Bertz CT molecular complexity index is 1230. The van der Waals surface area contributed by atoms with E-state index >= 15 is 0 Å². The largest absolute Gasteiger partial charge is 0.493 e. The lowest BCUT2D eigenvalue weighted by Gasteiger charge is -2.13. The molecule has 0 aromatic heterocycles. The van der Waals surface area contributed by atoms with Gasteiger partial charge in [-0.2, -0.15) is 13.4 Å². The zero-order valence-electron chi connectivity index (χ0n) is 16.0. The second-order valence-corrected chi connectivity index (χ2v) is 9.91. The van der Waals surface area contributed by atoms with E-state index in [1.807, 2.05) is 0 Å². The molecule has 2 aromatic rings. The van der Waals surface area contributed by atoms with Gasteiger partial charge in [0.1, 0.15) is 4.90 Å². The van der Waals surface area contributed by atoms with Crippen LogP contribution in [0.2, 0.25) is 5.02 Å². The Hall–Kier alpha value is -2.34. The van der Waals surface area contributed by atoms with Crippen molar-refractivity contribution in [2.45, 2.75) is 11.8 Å². The van der Waals surface area contributed by atoms with Gasteiger partial charge in [0.25, 0.3) is 5.91 Å². The van der Waals surface area contributed by atoms with Crippen LogP contribution in [-0.4, -0.2) is 32.5 Å². The monoisotopic (exact) mass is 544 g/mol. The first-order valence-corrected chi connectivity index (χ1v) is 11.9. The molecule has 0 spiro atoms. The van der Waals surface area contributed by atoms with Crippen molar-refractivity contribution in [3.8, 4) is 11.5 Å². The van der Waals surface area contributed by atoms with Crippen LogP contribution >= 0.6 is 39.3 Å². The summed E-state index contributed by atoms with van der Waals surface area (Å²) in [5.41, 5.74) is 0.523. The quantitative estimate of drug-likeness (QED) is 0.447. The normalized spacial score (nSPS) is 15.0. The first-order valence-electron chi connectivity index (χ1n) is 8.47. The third kappa shape index (κ3) is 5.67. The fourth-order valence-corrected chi connectivity index (χ4v) is 5.02. The summed E-state index contributed by atoms with van der Waals surface area (Å²) in [6.45, 7) is 1.31. The minimum absolute atomic E-state index is 0.0554. The predicted octanol–water partition coefficient (Wildman–Crippen LogP) is 3.99. The molecule has 1 aliphatic heterocycles. The smallest absolute Gasteiger partial charge is 0.339 e. The summed E-state index contributed by atoms with van der Waals surface area (Å²) >= 11 is 10.1. The Labute approximate surface area is 195 Å². The van der Waals surface area contributed by atoms with Crippen molar-refractivity contribution < 1.29 is 26.9 Å². The van der Waals surface area contributed by atoms with Crippen LogP contribution < -0.4 is 14.2 Å². The maximum atomic E-state index is 12.6. The lowest BCUT2D eigenvalue weighted by Crippen LogP contribution is -2.23. The minimum atomic E-state index is -4.15. The lowest BCUT2D eigenvalue weighted by atomic mass is 10.2. The van der Waals surface area contributed by atoms with E-state index < -0.39 is 16.0 Å². The molecule has 1 heterocycles. The average molecular weight is 546 g/mol. The third-order valence-electron chi connectivity index (χ3n) is 3.75. The highest BCUT2D eigenvalue weighted by atomic mass is 79.9. The Kier molecular flexibility index (Phi) is 7.10. The van der Waals surface area contributed by atoms with Gasteiger partial charge >= 0.3 is 10.1 Å². The highest BCUT2D eigenvalue weighted by Gasteiger charge is 2.24. The molecule has 3 rings (SSSR count). The molecule has 1 aliphatic rings. The zero-order chi connectivity index (χ0) is 22.8. The van der Waals surface area contributed by atoms with E-state index in [9.17, 15) is 18.0 Å². The van der Waals surface area contributed by atoms with Crippen LogP contribution in [-0.2, 0) is 19.7 Å². The molecule has 2 amide bonds. The minimum Gasteiger partial charge on any atom is -0.493 e. The van der Waals surface area contributed by atoms with E-state index in [4.69, 9.17) is 20.5 Å². The van der Waals surface area contributed by atoms with E-state index in [-0.39, 0.29) is 36.8 Å². The summed E-state index contributed by atoms with van der Waals surface area (Å²) < 4.78 is 36.1. The molecule has 0 atom stereocenters. The van der Waals surface area contributed by atoms with Crippen molar-refractivity contribution in [2.75, 3.05) is 7.11 Å². The van der Waals surface area contributed by atoms with E-state index in [1.54, 1.807) is 6.07 Å². The number of aliphatic imine (C=N–C) groups is 1. The lowest BCUT2D eigenvalue weighted by molar-refractivity contribution is -0.117. The fraction of sp³-hybridized carbons (Fsp3) is 0.105. The summed E-state index contributed by atoms with van der Waals surface area (Å²) in [4.78, 5) is 27.2. The fourth-order valence-electron chi connectivity index (χ4n) is 2.43. The molecule has 1 N–H and O–H groups in total. The predicted molar refractivity (Wildman–Crippen MR) is 122 cm³/mol. The van der Waals surface area contributed by atoms with Crippen molar-refractivity contribution >= 4 is 72.5 Å². The number of hydrogen-bond acceptors (Lipinski definition) is 7. The molecule has 0 radical (unpaired) electrons. The number of carbonyl (C=O) groups excluding carboxylic acids is 2. The number of ether oxygens (including phenoxy) is 1. The highest BCUT2D eigenvalue weighted by molar-refractivity contribution is 9.10. The van der Waals surface area contributed by atoms with Gasteiger partial charge in [0.05, 0.1) is 16.5 Å². The maximum Gasteiger partial charge on any atom is 0.339 e. The molecule has 0 saturated heterocycles. The Morgan fingerprint density at radius 3 is 2.55 bits per heavy atom. The van der Waals surface area contributed by atoms with Gasteiger partial charge in [-0.3, -0.25) is 9.59 Å². The Balaban J connectivity index is 1.90. The second kappa shape index (κ2) is 9.43. The van der Waals surface area contributed by atoms with Crippen molar-refractivity contribution in [1.82, 2.24) is 5.32 Å². The third-order valence-corrected chi connectivity index (χ3v) is 6.72. The van der Waals surface area contributed by atoms with Gasteiger partial charge in [-0.25, -0.2) is 0 Å². The van der Waals surface area contributed by atoms with E-state index in [1.165, 1.54) is 50.4 Å². The van der Waals surface area contributed by atoms with Gasteiger partial charge in [-0.05, 0) is 75.7 Å². The second-order valence-electron chi connectivity index (χ2n) is 6.04. The molecular formula is C19H14BrClN2O6S2. The van der Waals surface area contributed by atoms with E-state index in [0.29, 0.717) is 10.6 Å². The number of carbonyl (C=O) groups is 2. The first kappa shape index (κ1) is 23.3. The average Bonchev–Trinajstić information content (AvgIpc) is 3.02. The summed E-state index contributed by atoms with van der Waals surface area (Å²) in [6.07, 6.45) is 1.54. The van der Waals surface area contributed by atoms with Crippen LogP contribution in [0.4, 0.5) is 0 Å². The number of hydrogen-bond donors (Lipinski definition) is 1. The molecule has 8 nitrogen and oxygen atoms in total. The number of halogens is 2. The number of rotatable bonds is 5. The zero-order valence-corrected chi connectivity index (χ0v) is 20.0. The Morgan fingerprint density at radius 1 is 1.26 bits per heavy atom. The summed E-state index contributed by atoms with van der Waals surface area (Å²) in [5.74, 6) is -0.778. The standard InChI is InChI=1S/C19H14BrClN2O6S2/c1-10(24)22-19-23-18(25)16(30-19)9-11-7-14(20)17(15(8-11)28-2)29-31(26,27)13-5-3-12(21)4-6-13/h3-9H,1-2H3,(H,22,23,24,25)/b16-9+. The van der Waals surface area contributed by atoms with Crippen LogP contribution in [0.5, 0.6) is 11.5 Å². The molecular weight excluding hydrogens is 532 g/mol. The van der Waals surface area contributed by atoms with Crippen LogP contribution in [0.1, 0.15) is 12.5 Å². The van der Waals surface area contributed by atoms with Crippen molar-refractivity contribution in [2.24, 2.45) is 4.99 Å².